The Balaban J connectivity index is 1.62. The molecule has 6 heteroatoms. The number of nitrogens with two attached hydrogens (primary N) is 1. The zero-order valence-electron chi connectivity index (χ0n) is 14.9. The second kappa shape index (κ2) is 8.25. The van der Waals surface area contributed by atoms with Gasteiger partial charge >= 0.3 is 0 Å². The topological polar surface area (TPSA) is 71.7 Å². The third-order valence-corrected chi connectivity index (χ3v) is 4.62. The zero-order valence-corrected chi connectivity index (χ0v) is 15.7. The lowest BCUT2D eigenvalue weighted by molar-refractivity contribution is 0.310. The van der Waals surface area contributed by atoms with Gasteiger partial charge in [-0.2, -0.15) is 0 Å². The minimum atomic E-state index is -0.207. The molecule has 136 valence electrons. The number of nitrogens with one attached hydrogen (secondary N) is 2. The summed E-state index contributed by atoms with van der Waals surface area (Å²) in [5.74, 6) is 1.07. The lowest BCUT2D eigenvalue weighted by Crippen LogP contribution is -2.41. The number of para-hydroxylation sites is 1. The lowest BCUT2D eigenvalue weighted by Gasteiger charge is -2.22. The fourth-order valence-electron chi connectivity index (χ4n) is 2.79. The number of ether oxygens (including phenoxy) is 1. The first-order chi connectivity index (χ1) is 12.5. The van der Waals surface area contributed by atoms with Gasteiger partial charge in [0.25, 0.3) is 0 Å². The van der Waals surface area contributed by atoms with Crippen molar-refractivity contribution in [3.63, 3.8) is 0 Å². The van der Waals surface area contributed by atoms with Gasteiger partial charge in [-0.05, 0) is 43.2 Å². The number of benzene rings is 2. The average Bonchev–Trinajstić information content (AvgIpc) is 2.62. The summed E-state index contributed by atoms with van der Waals surface area (Å²) < 4.78 is 5.69. The minimum Gasteiger partial charge on any atom is -0.491 e. The summed E-state index contributed by atoms with van der Waals surface area (Å²) in [6.07, 6.45) is 1.83. The number of aryl methyl sites for hydroxylation is 1. The number of nitrogens with zero attached hydrogens (tertiary/aromatic N) is 1. The predicted molar refractivity (Wildman–Crippen MR) is 107 cm³/mol. The molecule has 3 rings (SSSR count). The van der Waals surface area contributed by atoms with Crippen LogP contribution in [0.25, 0.3) is 5.70 Å². The maximum Gasteiger partial charge on any atom is 0.195 e. The molecule has 1 aliphatic heterocycles. The van der Waals surface area contributed by atoms with E-state index < -0.39 is 0 Å². The van der Waals surface area contributed by atoms with Crippen LogP contribution in [0.4, 0.5) is 0 Å². The van der Waals surface area contributed by atoms with Gasteiger partial charge in [-0.25, -0.2) is 4.99 Å². The summed E-state index contributed by atoms with van der Waals surface area (Å²) in [6.45, 7) is 5.30. The SMILES string of the molecule is Cc1cccc(C2=CC(NCCOc3ccccc3Cl)N=C(N)N2)c1C. The van der Waals surface area contributed by atoms with Gasteiger partial charge < -0.3 is 15.8 Å². The van der Waals surface area contributed by atoms with Crippen LogP contribution in [0.15, 0.2) is 53.5 Å². The first-order valence-electron chi connectivity index (χ1n) is 8.54. The largest absolute Gasteiger partial charge is 0.491 e. The Kier molecular flexibility index (Phi) is 5.81. The molecule has 5 nitrogen and oxygen atoms in total. The van der Waals surface area contributed by atoms with Crippen molar-refractivity contribution in [2.75, 3.05) is 13.2 Å². The Bertz CT molecular complexity index is 847. The molecule has 2 aromatic rings. The summed E-state index contributed by atoms with van der Waals surface area (Å²) in [6, 6.07) is 13.6. The Morgan fingerprint density at radius 3 is 2.81 bits per heavy atom. The van der Waals surface area contributed by atoms with E-state index in [2.05, 4.69) is 41.6 Å². The third-order valence-electron chi connectivity index (χ3n) is 4.31. The highest BCUT2D eigenvalue weighted by molar-refractivity contribution is 6.32. The number of rotatable bonds is 6. The van der Waals surface area contributed by atoms with Crippen molar-refractivity contribution in [3.05, 3.63) is 70.3 Å². The molecule has 0 radical (unpaired) electrons. The molecule has 4 N–H and O–H groups in total. The summed E-state index contributed by atoms with van der Waals surface area (Å²) in [5.41, 5.74) is 10.5. The lowest BCUT2D eigenvalue weighted by atomic mass is 10.00. The summed E-state index contributed by atoms with van der Waals surface area (Å²) in [7, 11) is 0. The van der Waals surface area contributed by atoms with Crippen molar-refractivity contribution in [2.45, 2.75) is 20.0 Å². The first-order valence-corrected chi connectivity index (χ1v) is 8.92. The van der Waals surface area contributed by atoms with Crippen molar-refractivity contribution < 1.29 is 4.74 Å². The number of guanidine groups is 1. The van der Waals surface area contributed by atoms with Gasteiger partial charge in [0, 0.05) is 17.8 Å². The second-order valence-corrected chi connectivity index (χ2v) is 6.55. The highest BCUT2D eigenvalue weighted by atomic mass is 35.5. The number of hydrogen-bond donors (Lipinski definition) is 3. The molecule has 1 atom stereocenters. The van der Waals surface area contributed by atoms with Crippen LogP contribution in [-0.2, 0) is 0 Å². The van der Waals surface area contributed by atoms with Crippen LogP contribution in [0.3, 0.4) is 0 Å². The van der Waals surface area contributed by atoms with Gasteiger partial charge in [-0.15, -0.1) is 0 Å². The van der Waals surface area contributed by atoms with Crippen LogP contribution in [0.5, 0.6) is 5.75 Å². The number of halogens is 1. The van der Waals surface area contributed by atoms with E-state index in [-0.39, 0.29) is 6.17 Å². The van der Waals surface area contributed by atoms with Crippen molar-refractivity contribution in [3.8, 4) is 5.75 Å². The van der Waals surface area contributed by atoms with Crippen LogP contribution < -0.4 is 21.1 Å². The van der Waals surface area contributed by atoms with Gasteiger partial charge in [0.15, 0.2) is 5.96 Å². The Morgan fingerprint density at radius 2 is 2.00 bits per heavy atom. The Labute approximate surface area is 158 Å². The molecule has 1 aliphatic rings. The molecular weight excluding hydrogens is 348 g/mol. The molecule has 1 unspecified atom stereocenters. The van der Waals surface area contributed by atoms with E-state index in [0.717, 1.165) is 11.3 Å². The van der Waals surface area contributed by atoms with Crippen LogP contribution >= 0.6 is 11.6 Å². The fraction of sp³-hybridized carbons (Fsp3) is 0.250. The van der Waals surface area contributed by atoms with E-state index in [1.54, 1.807) is 6.07 Å². The molecule has 2 aromatic carbocycles. The summed E-state index contributed by atoms with van der Waals surface area (Å²) in [5, 5.41) is 7.08. The van der Waals surface area contributed by atoms with Gasteiger partial charge in [0.05, 0.1) is 5.02 Å². The van der Waals surface area contributed by atoms with Crippen LogP contribution in [0.2, 0.25) is 5.02 Å². The minimum absolute atomic E-state index is 0.207. The molecule has 0 bridgehead atoms. The average molecular weight is 371 g/mol. The quantitative estimate of drug-likeness (QED) is 0.683. The first kappa shape index (κ1) is 18.3. The molecular formula is C20H23ClN4O. The van der Waals surface area contributed by atoms with E-state index in [1.165, 1.54) is 11.1 Å². The second-order valence-electron chi connectivity index (χ2n) is 6.14. The molecule has 0 amide bonds. The van der Waals surface area contributed by atoms with E-state index in [4.69, 9.17) is 22.1 Å². The monoisotopic (exact) mass is 370 g/mol. The molecule has 0 saturated heterocycles. The van der Waals surface area contributed by atoms with Gasteiger partial charge in [0.1, 0.15) is 18.5 Å². The molecule has 0 spiro atoms. The smallest absolute Gasteiger partial charge is 0.195 e. The summed E-state index contributed by atoms with van der Waals surface area (Å²) >= 11 is 6.08. The van der Waals surface area contributed by atoms with Crippen LogP contribution in [0, 0.1) is 13.8 Å². The van der Waals surface area contributed by atoms with Gasteiger partial charge in [-0.1, -0.05) is 41.9 Å². The Morgan fingerprint density at radius 1 is 1.19 bits per heavy atom. The van der Waals surface area contributed by atoms with E-state index in [9.17, 15) is 0 Å². The standard InChI is InChI=1S/C20H23ClN4O/c1-13-6-5-7-15(14(13)2)17-12-19(25-20(22)24-17)23-10-11-26-18-9-4-3-8-16(18)21/h3-9,12,19,23H,10-11H2,1-2H3,(H3,22,24,25). The van der Waals surface area contributed by atoms with Gasteiger partial charge in [-0.3, -0.25) is 5.32 Å². The summed E-state index contributed by atoms with van der Waals surface area (Å²) in [4.78, 5) is 4.39. The number of hydrogen-bond acceptors (Lipinski definition) is 5. The molecule has 1 heterocycles. The van der Waals surface area contributed by atoms with Crippen LogP contribution in [0.1, 0.15) is 16.7 Å². The van der Waals surface area contributed by atoms with E-state index in [0.29, 0.717) is 29.9 Å². The maximum absolute atomic E-state index is 6.08. The maximum atomic E-state index is 6.08. The fourth-order valence-corrected chi connectivity index (χ4v) is 2.98. The highest BCUT2D eigenvalue weighted by Crippen LogP contribution is 2.23. The van der Waals surface area contributed by atoms with E-state index >= 15 is 0 Å². The normalized spacial score (nSPS) is 16.5. The van der Waals surface area contributed by atoms with Crippen molar-refractivity contribution >= 4 is 23.3 Å². The van der Waals surface area contributed by atoms with Crippen molar-refractivity contribution in [2.24, 2.45) is 10.7 Å². The number of aliphatic imine (C=N–C) groups is 1. The van der Waals surface area contributed by atoms with E-state index in [1.807, 2.05) is 30.3 Å². The highest BCUT2D eigenvalue weighted by Gasteiger charge is 2.16. The molecule has 0 aliphatic carbocycles. The molecule has 0 aromatic heterocycles. The zero-order chi connectivity index (χ0) is 18.5. The van der Waals surface area contributed by atoms with Crippen LogP contribution in [-0.4, -0.2) is 25.3 Å². The Hall–Kier alpha value is -2.50. The van der Waals surface area contributed by atoms with Crippen molar-refractivity contribution in [1.82, 2.24) is 10.6 Å². The molecule has 26 heavy (non-hydrogen) atoms. The third kappa shape index (κ3) is 4.36. The molecule has 0 fully saturated rings. The van der Waals surface area contributed by atoms with Crippen molar-refractivity contribution in [1.29, 1.82) is 0 Å². The predicted octanol–water partition coefficient (Wildman–Crippen LogP) is 3.21. The molecule has 0 saturated carbocycles. The van der Waals surface area contributed by atoms with Gasteiger partial charge in [0.2, 0.25) is 0 Å².